The molecular weight excluding hydrogens is 1210 g/mol. The summed E-state index contributed by atoms with van der Waals surface area (Å²) in [5, 5.41) is 3.08. The van der Waals surface area contributed by atoms with Crippen LogP contribution in [-0.4, -0.2) is 161 Å². The summed E-state index contributed by atoms with van der Waals surface area (Å²) in [5.74, 6) is -0.946. The lowest BCUT2D eigenvalue weighted by molar-refractivity contribution is -0.139. The number of imide groups is 3. The number of sulfonamides is 1. The summed E-state index contributed by atoms with van der Waals surface area (Å²) in [5.41, 5.74) is 7.95. The average Bonchev–Trinajstić information content (AvgIpc) is 1.08. The number of carbonyl (C=O) groups excluding carboxylic acids is 6. The van der Waals surface area contributed by atoms with Gasteiger partial charge in [-0.15, -0.1) is 0 Å². The summed E-state index contributed by atoms with van der Waals surface area (Å²) in [6.45, 7) is 12.1. The largest absolute Gasteiger partial charge is 0.309 e. The fourth-order valence-electron chi connectivity index (χ4n) is 11.2. The van der Waals surface area contributed by atoms with Crippen molar-refractivity contribution >= 4 is 91.7 Å². The molecule has 6 aliphatic rings. The van der Waals surface area contributed by atoms with Gasteiger partial charge in [0.1, 0.15) is 0 Å². The minimum absolute atomic E-state index is 0.0937. The highest BCUT2D eigenvalue weighted by Crippen LogP contribution is 2.48. The maximum atomic E-state index is 12.7. The Bertz CT molecular complexity index is 3800. The van der Waals surface area contributed by atoms with Crippen LogP contribution in [0.25, 0.3) is 11.1 Å². The highest BCUT2D eigenvalue weighted by Gasteiger charge is 2.47. The lowest BCUT2D eigenvalue weighted by atomic mass is 9.81. The molecule has 6 aromatic carbocycles. The predicted octanol–water partition coefficient (Wildman–Crippen LogP) is 11.6. The molecule has 19 heteroatoms. The third-order valence-corrected chi connectivity index (χ3v) is 21.5. The molecule has 1 N–H and O–H groups in total. The predicted molar refractivity (Wildman–Crippen MR) is 360 cm³/mol. The van der Waals surface area contributed by atoms with E-state index in [0.29, 0.717) is 17.7 Å². The van der Waals surface area contributed by atoms with Crippen molar-refractivity contribution in [3.8, 4) is 0 Å². The van der Waals surface area contributed by atoms with Crippen molar-refractivity contribution in [2.75, 3.05) is 88.6 Å². The van der Waals surface area contributed by atoms with Crippen LogP contribution >= 0.6 is 35.1 Å². The van der Waals surface area contributed by atoms with Crippen LogP contribution in [0.2, 0.25) is 5.02 Å². The number of hydrogen-bond acceptors (Lipinski definition) is 13. The summed E-state index contributed by atoms with van der Waals surface area (Å²) in [7, 11) is 9.14. The molecule has 0 aliphatic carbocycles. The van der Waals surface area contributed by atoms with E-state index in [1.54, 1.807) is 39.0 Å². The Labute approximate surface area is 544 Å². The molecule has 0 spiro atoms. The molecule has 0 aromatic heterocycles. The summed E-state index contributed by atoms with van der Waals surface area (Å²) in [6, 6.07) is 47.6. The molecule has 0 saturated carbocycles. The van der Waals surface area contributed by atoms with Crippen LogP contribution in [0, 0.1) is 5.41 Å². The first-order valence-electron chi connectivity index (χ1n) is 30.3. The number of benzene rings is 6. The first kappa shape index (κ1) is 68.9. The molecule has 6 heterocycles. The second-order valence-electron chi connectivity index (χ2n) is 24.1. The topological polar surface area (TPSA) is 168 Å². The highest BCUT2D eigenvalue weighted by atomic mass is 35.5. The Morgan fingerprint density at radius 3 is 1.66 bits per heavy atom. The van der Waals surface area contributed by atoms with Gasteiger partial charge in [0, 0.05) is 111 Å². The second-order valence-corrected chi connectivity index (χ2v) is 28.9. The maximum absolute atomic E-state index is 12.7. The SMILES string of the molecule is CCC1(C)CC(=O)NC1=O.CN(C)CC/C=C1/c2ccccc2Sc2ccc(Cl)cc21.CN1C(=O)CC(C)(c2ccccc2)C1=O.CN1C(=O)CC(c2ccccc2)C1=O.CN1CCN(CC/C=C2/c3ccccc3Sc3ccc(S(=O)(=O)N(C)C)cc32)CC1. The quantitative estimate of drug-likeness (QED) is 0.122. The number of hydrogen-bond donors (Lipinski definition) is 1. The van der Waals surface area contributed by atoms with Gasteiger partial charge in [-0.3, -0.25) is 43.9 Å². The number of nitrogens with zero attached hydrogens (tertiary/aromatic N) is 6. The Balaban J connectivity index is 0.000000153. The second kappa shape index (κ2) is 30.4. The standard InChI is InChI=1S/C23H29N3O2S2.C18H18ClNS.C12H13NO2.C11H11NO2.C7H11NO2/c1-24(2)30(27,28)18-10-11-23-21(17-18)19(20-7-4-5-9-22(20)29-23)8-6-12-26-15-13-25(3)14-16-26;1-20(2)11-5-7-14-15-6-3-4-8-17(15)21-18-10-9-13(19)12-16(14)18;1-12(9-6-4-3-5-7-9)8-10(14)13(2)11(12)15;1-12-10(13)7-9(11(12)14)8-5-3-2-4-6-8;1-3-7(2)4-5(9)8-6(7)10/h4-5,7-11,17H,6,12-16H2,1-3H3;3-4,6-10,12H,5,11H2,1-2H3;3-7H,8H2,1-2H3;2-6,9H,7H2,1H3;3-4H2,1-2H3,(H,8,9,10)/b19-8-;14-7-;;;. The molecule has 474 valence electrons. The number of piperazine rings is 1. The molecule has 3 atom stereocenters. The van der Waals surface area contributed by atoms with E-state index in [0.717, 1.165) is 90.7 Å². The Morgan fingerprint density at radius 1 is 0.622 bits per heavy atom. The van der Waals surface area contributed by atoms with E-state index in [-0.39, 0.29) is 47.8 Å². The van der Waals surface area contributed by atoms with Gasteiger partial charge in [-0.2, -0.15) is 0 Å². The zero-order valence-electron chi connectivity index (χ0n) is 53.1. The zero-order valence-corrected chi connectivity index (χ0v) is 56.3. The van der Waals surface area contributed by atoms with Crippen molar-refractivity contribution in [1.82, 2.24) is 34.1 Å². The third kappa shape index (κ3) is 16.4. The monoisotopic (exact) mass is 1290 g/mol. The van der Waals surface area contributed by atoms with Gasteiger partial charge in [0.2, 0.25) is 45.5 Å². The van der Waals surface area contributed by atoms with Gasteiger partial charge in [0.15, 0.2) is 0 Å². The molecule has 6 amide bonds. The number of fused-ring (bicyclic) bond motifs is 4. The van der Waals surface area contributed by atoms with E-state index < -0.39 is 20.9 Å². The van der Waals surface area contributed by atoms with E-state index in [9.17, 15) is 37.2 Å². The van der Waals surface area contributed by atoms with Gasteiger partial charge in [0.05, 0.1) is 21.6 Å². The molecule has 4 saturated heterocycles. The average molecular weight is 1290 g/mol. The molecule has 90 heavy (non-hydrogen) atoms. The fraction of sp³-hybridized carbons (Fsp3) is 0.352. The maximum Gasteiger partial charge on any atom is 0.242 e. The van der Waals surface area contributed by atoms with Crippen LogP contribution in [0.4, 0.5) is 0 Å². The minimum Gasteiger partial charge on any atom is -0.309 e. The van der Waals surface area contributed by atoms with E-state index in [1.165, 1.54) is 58.1 Å². The smallest absolute Gasteiger partial charge is 0.242 e. The van der Waals surface area contributed by atoms with Gasteiger partial charge in [0.25, 0.3) is 0 Å². The highest BCUT2D eigenvalue weighted by molar-refractivity contribution is 8.00. The lowest BCUT2D eigenvalue weighted by Crippen LogP contribution is -2.44. The van der Waals surface area contributed by atoms with Gasteiger partial charge >= 0.3 is 0 Å². The van der Waals surface area contributed by atoms with E-state index in [4.69, 9.17) is 11.6 Å². The molecule has 15 nitrogen and oxygen atoms in total. The number of halogens is 1. The van der Waals surface area contributed by atoms with Crippen molar-refractivity contribution in [3.63, 3.8) is 0 Å². The molecule has 6 aromatic rings. The molecule has 6 aliphatic heterocycles. The first-order chi connectivity index (χ1) is 42.8. The van der Waals surface area contributed by atoms with Gasteiger partial charge in [-0.1, -0.05) is 158 Å². The van der Waals surface area contributed by atoms with Crippen molar-refractivity contribution in [2.45, 2.75) is 95.1 Å². The van der Waals surface area contributed by atoms with Crippen LogP contribution in [0.3, 0.4) is 0 Å². The first-order valence-corrected chi connectivity index (χ1v) is 33.7. The summed E-state index contributed by atoms with van der Waals surface area (Å²) < 4.78 is 26.7. The van der Waals surface area contributed by atoms with Crippen molar-refractivity contribution in [1.29, 1.82) is 0 Å². The van der Waals surface area contributed by atoms with E-state index in [1.807, 2.05) is 111 Å². The van der Waals surface area contributed by atoms with Crippen molar-refractivity contribution in [2.24, 2.45) is 5.41 Å². The van der Waals surface area contributed by atoms with Gasteiger partial charge < -0.3 is 14.7 Å². The molecular formula is C71H82ClN7O8S3. The number of rotatable bonds is 11. The third-order valence-electron chi connectivity index (χ3n) is 17.1. The number of carbonyl (C=O) groups is 6. The van der Waals surface area contributed by atoms with Crippen molar-refractivity contribution < 1.29 is 37.2 Å². The summed E-state index contributed by atoms with van der Waals surface area (Å²) in [6.07, 6.45) is 8.27. The Kier molecular flexibility index (Phi) is 23.3. The normalized spacial score (nSPS) is 21.3. The Hall–Kier alpha value is -7.00. The van der Waals surface area contributed by atoms with Crippen LogP contribution < -0.4 is 5.32 Å². The lowest BCUT2D eigenvalue weighted by Gasteiger charge is -2.32. The molecule has 4 fully saturated rings. The van der Waals surface area contributed by atoms with Crippen molar-refractivity contribution in [3.05, 3.63) is 196 Å². The van der Waals surface area contributed by atoms with Crippen LogP contribution in [0.5, 0.6) is 0 Å². The van der Waals surface area contributed by atoms with E-state index >= 15 is 0 Å². The van der Waals surface area contributed by atoms with Gasteiger partial charge in [-0.05, 0) is 140 Å². The molecule has 3 unspecified atom stereocenters. The van der Waals surface area contributed by atoms with Crippen LogP contribution in [0.15, 0.2) is 182 Å². The molecule has 0 radical (unpaired) electrons. The zero-order chi connectivity index (χ0) is 65.1. The summed E-state index contributed by atoms with van der Waals surface area (Å²) in [4.78, 5) is 82.8. The molecule has 12 rings (SSSR count). The molecule has 0 bridgehead atoms. The number of likely N-dealkylation sites (N-methyl/N-ethyl adjacent to an activating group) is 3. The Morgan fingerprint density at radius 2 is 1.16 bits per heavy atom. The van der Waals surface area contributed by atoms with Gasteiger partial charge in [-0.25, -0.2) is 12.7 Å². The van der Waals surface area contributed by atoms with E-state index in [2.05, 4.69) is 114 Å². The van der Waals surface area contributed by atoms with Crippen LogP contribution in [0.1, 0.15) is 98.6 Å². The number of amides is 6. The number of nitrogens with one attached hydrogen (secondary N) is 1. The minimum atomic E-state index is -3.47. The summed E-state index contributed by atoms with van der Waals surface area (Å²) >= 11 is 9.74. The number of likely N-dealkylation sites (tertiary alicyclic amines) is 2. The fourth-order valence-corrected chi connectivity index (χ4v) is 14.5. The van der Waals surface area contributed by atoms with Crippen LogP contribution in [-0.2, 0) is 44.2 Å².